The van der Waals surface area contributed by atoms with Crippen molar-refractivity contribution < 1.29 is 9.53 Å². The Labute approximate surface area is 166 Å². The van der Waals surface area contributed by atoms with E-state index >= 15 is 0 Å². The van der Waals surface area contributed by atoms with Crippen molar-refractivity contribution in [3.63, 3.8) is 0 Å². The van der Waals surface area contributed by atoms with Gasteiger partial charge < -0.3 is 4.74 Å². The number of benzene rings is 2. The Morgan fingerprint density at radius 3 is 2.68 bits per heavy atom. The molecule has 2 aromatic carbocycles. The van der Waals surface area contributed by atoms with Crippen LogP contribution in [0.15, 0.2) is 72.1 Å². The first-order chi connectivity index (χ1) is 13.7. The predicted molar refractivity (Wildman–Crippen MR) is 114 cm³/mol. The molecule has 0 spiro atoms. The number of carbonyl (C=O) groups is 1. The molecule has 0 bridgehead atoms. The molecule has 0 saturated heterocycles. The predicted octanol–water partition coefficient (Wildman–Crippen LogP) is 5.02. The molecule has 0 fully saturated rings. The first kappa shape index (κ1) is 17.9. The monoisotopic (exact) mass is 387 g/mol. The Bertz CT molecular complexity index is 1150. The fraction of sp³-hybridized carbons (Fsp3) is 0.0455. The van der Waals surface area contributed by atoms with Gasteiger partial charge in [-0.2, -0.15) is 0 Å². The fourth-order valence-electron chi connectivity index (χ4n) is 2.71. The lowest BCUT2D eigenvalue weighted by atomic mass is 10.2. The smallest absolute Gasteiger partial charge is 0.250 e. The molecule has 2 heterocycles. The molecular formula is C22H17N3O2S. The standard InChI is InChI=1S/C22H17N3O2S/c1-27-18-11-7-16(8-12-18)20-14-28-22(24-20)25-21(26)13-10-17-9-6-15-4-2-3-5-19(15)23-17/h2-14H,1H3,(H,24,25,26)/b13-10+. The molecule has 0 unspecified atom stereocenters. The topological polar surface area (TPSA) is 64.1 Å². The second-order valence-corrected chi connectivity index (χ2v) is 6.88. The van der Waals surface area contributed by atoms with E-state index in [1.165, 1.54) is 17.4 Å². The number of nitrogens with one attached hydrogen (secondary N) is 1. The van der Waals surface area contributed by atoms with Crippen molar-refractivity contribution in [2.45, 2.75) is 0 Å². The number of anilines is 1. The molecule has 6 heteroatoms. The normalized spacial score (nSPS) is 11.0. The molecule has 0 aliphatic carbocycles. The molecule has 4 aromatic rings. The first-order valence-corrected chi connectivity index (χ1v) is 9.54. The van der Waals surface area contributed by atoms with Crippen molar-refractivity contribution in [3.05, 3.63) is 77.8 Å². The number of nitrogens with zero attached hydrogens (tertiary/aromatic N) is 2. The average molecular weight is 387 g/mol. The van der Waals surface area contributed by atoms with Gasteiger partial charge in [0.15, 0.2) is 5.13 Å². The Hall–Kier alpha value is -3.51. The number of ether oxygens (including phenoxy) is 1. The van der Waals surface area contributed by atoms with Crippen molar-refractivity contribution in [1.82, 2.24) is 9.97 Å². The maximum atomic E-state index is 12.2. The molecule has 0 saturated carbocycles. The Morgan fingerprint density at radius 2 is 1.86 bits per heavy atom. The van der Waals surface area contributed by atoms with Gasteiger partial charge in [-0.1, -0.05) is 24.3 Å². The minimum Gasteiger partial charge on any atom is -0.497 e. The molecule has 1 N–H and O–H groups in total. The summed E-state index contributed by atoms with van der Waals surface area (Å²) in [5, 5.41) is 6.32. The number of rotatable bonds is 5. The fourth-order valence-corrected chi connectivity index (χ4v) is 3.43. The molecule has 0 aliphatic rings. The van der Waals surface area contributed by atoms with Gasteiger partial charge in [0, 0.05) is 22.4 Å². The number of carbonyl (C=O) groups excluding carboxylic acids is 1. The summed E-state index contributed by atoms with van der Waals surface area (Å²) in [6, 6.07) is 19.4. The highest BCUT2D eigenvalue weighted by atomic mass is 32.1. The molecule has 4 rings (SSSR count). The van der Waals surface area contributed by atoms with E-state index in [1.54, 1.807) is 13.2 Å². The highest BCUT2D eigenvalue weighted by molar-refractivity contribution is 7.14. The average Bonchev–Trinajstić information content (AvgIpc) is 3.20. The van der Waals surface area contributed by atoms with Crippen LogP contribution in [0.3, 0.4) is 0 Å². The molecule has 2 aromatic heterocycles. The summed E-state index contributed by atoms with van der Waals surface area (Å²) < 4.78 is 5.16. The number of amides is 1. The quantitative estimate of drug-likeness (QED) is 0.489. The number of pyridine rings is 1. The van der Waals surface area contributed by atoms with Crippen LogP contribution < -0.4 is 10.1 Å². The molecular weight excluding hydrogens is 370 g/mol. The summed E-state index contributed by atoms with van der Waals surface area (Å²) in [5.41, 5.74) is 3.40. The third kappa shape index (κ3) is 4.07. The number of para-hydroxylation sites is 1. The van der Waals surface area contributed by atoms with E-state index in [1.807, 2.05) is 66.0 Å². The van der Waals surface area contributed by atoms with E-state index < -0.39 is 0 Å². The summed E-state index contributed by atoms with van der Waals surface area (Å²) in [5.74, 6) is 0.547. The molecule has 0 radical (unpaired) electrons. The number of thiazole rings is 1. The molecule has 28 heavy (non-hydrogen) atoms. The van der Waals surface area contributed by atoms with Crippen LogP contribution in [0.1, 0.15) is 5.69 Å². The van der Waals surface area contributed by atoms with Crippen molar-refractivity contribution in [1.29, 1.82) is 0 Å². The Morgan fingerprint density at radius 1 is 1.04 bits per heavy atom. The van der Waals surface area contributed by atoms with Gasteiger partial charge in [-0.25, -0.2) is 9.97 Å². The summed E-state index contributed by atoms with van der Waals surface area (Å²) in [6.45, 7) is 0. The highest BCUT2D eigenvalue weighted by Crippen LogP contribution is 2.26. The highest BCUT2D eigenvalue weighted by Gasteiger charge is 2.07. The molecule has 0 atom stereocenters. The lowest BCUT2D eigenvalue weighted by Gasteiger charge is -2.00. The van der Waals surface area contributed by atoms with Crippen LogP contribution in [0.2, 0.25) is 0 Å². The van der Waals surface area contributed by atoms with Gasteiger partial charge in [0.05, 0.1) is 24.0 Å². The zero-order valence-corrected chi connectivity index (χ0v) is 15.9. The van der Waals surface area contributed by atoms with Crippen LogP contribution >= 0.6 is 11.3 Å². The molecule has 0 aliphatic heterocycles. The zero-order chi connectivity index (χ0) is 19.3. The van der Waals surface area contributed by atoms with Crippen LogP contribution in [-0.2, 0) is 4.79 Å². The van der Waals surface area contributed by atoms with Crippen molar-refractivity contribution in [2.75, 3.05) is 12.4 Å². The number of methoxy groups -OCH3 is 1. The van der Waals surface area contributed by atoms with E-state index in [9.17, 15) is 4.79 Å². The van der Waals surface area contributed by atoms with Crippen molar-refractivity contribution in [3.8, 4) is 17.0 Å². The van der Waals surface area contributed by atoms with Gasteiger partial charge in [-0.3, -0.25) is 10.1 Å². The van der Waals surface area contributed by atoms with Gasteiger partial charge in [0.25, 0.3) is 0 Å². The molecule has 138 valence electrons. The minimum atomic E-state index is -0.245. The number of hydrogen-bond donors (Lipinski definition) is 1. The van der Waals surface area contributed by atoms with Gasteiger partial charge in [0.1, 0.15) is 5.75 Å². The third-order valence-electron chi connectivity index (χ3n) is 4.15. The van der Waals surface area contributed by atoms with Crippen molar-refractivity contribution in [2.24, 2.45) is 0 Å². The molecule has 1 amide bonds. The van der Waals surface area contributed by atoms with Crippen LogP contribution in [0.4, 0.5) is 5.13 Å². The summed E-state index contributed by atoms with van der Waals surface area (Å²) >= 11 is 1.38. The van der Waals surface area contributed by atoms with Crippen LogP contribution in [0.5, 0.6) is 5.75 Å². The second-order valence-electron chi connectivity index (χ2n) is 6.02. The van der Waals surface area contributed by atoms with Crippen LogP contribution in [-0.4, -0.2) is 23.0 Å². The lowest BCUT2D eigenvalue weighted by Crippen LogP contribution is -2.07. The lowest BCUT2D eigenvalue weighted by molar-refractivity contribution is -0.111. The van der Waals surface area contributed by atoms with Crippen LogP contribution in [0.25, 0.3) is 28.2 Å². The Balaban J connectivity index is 1.43. The molecule has 5 nitrogen and oxygen atoms in total. The zero-order valence-electron chi connectivity index (χ0n) is 15.1. The SMILES string of the molecule is COc1ccc(-c2csc(NC(=O)/C=C/c3ccc4ccccc4n3)n2)cc1. The summed E-state index contributed by atoms with van der Waals surface area (Å²) in [4.78, 5) is 21.2. The summed E-state index contributed by atoms with van der Waals surface area (Å²) in [6.07, 6.45) is 3.16. The maximum absolute atomic E-state index is 12.2. The van der Waals surface area contributed by atoms with E-state index in [0.29, 0.717) is 5.13 Å². The van der Waals surface area contributed by atoms with Gasteiger partial charge >= 0.3 is 0 Å². The van der Waals surface area contributed by atoms with E-state index in [2.05, 4.69) is 15.3 Å². The van der Waals surface area contributed by atoms with Gasteiger partial charge in [-0.05, 0) is 42.5 Å². The van der Waals surface area contributed by atoms with E-state index in [0.717, 1.165) is 33.6 Å². The first-order valence-electron chi connectivity index (χ1n) is 8.66. The largest absolute Gasteiger partial charge is 0.497 e. The maximum Gasteiger partial charge on any atom is 0.250 e. The minimum absolute atomic E-state index is 0.245. The van der Waals surface area contributed by atoms with Gasteiger partial charge in [-0.15, -0.1) is 11.3 Å². The Kier molecular flexibility index (Phi) is 5.12. The van der Waals surface area contributed by atoms with Crippen molar-refractivity contribution >= 4 is 39.4 Å². The van der Waals surface area contributed by atoms with E-state index in [4.69, 9.17) is 4.74 Å². The number of fused-ring (bicyclic) bond motifs is 1. The third-order valence-corrected chi connectivity index (χ3v) is 4.90. The number of hydrogen-bond acceptors (Lipinski definition) is 5. The van der Waals surface area contributed by atoms with Gasteiger partial charge in [0.2, 0.25) is 5.91 Å². The van der Waals surface area contributed by atoms with E-state index in [-0.39, 0.29) is 5.91 Å². The summed E-state index contributed by atoms with van der Waals surface area (Å²) in [7, 11) is 1.63. The number of aromatic nitrogens is 2. The second kappa shape index (κ2) is 8.02. The van der Waals surface area contributed by atoms with Crippen LogP contribution in [0, 0.1) is 0 Å².